The molecule has 3 aliphatic heterocycles. The zero-order valence-corrected chi connectivity index (χ0v) is 28.3. The summed E-state index contributed by atoms with van der Waals surface area (Å²) in [6, 6.07) is 3.12. The summed E-state index contributed by atoms with van der Waals surface area (Å²) in [7, 11) is 1.29. The first-order valence-corrected chi connectivity index (χ1v) is 18.0. The number of hydrogen-bond donors (Lipinski definition) is 4. The molecule has 5 N–H and O–H groups in total. The number of oxime groups is 1. The Bertz CT molecular complexity index is 1980. The van der Waals surface area contributed by atoms with Crippen LogP contribution >= 0.6 is 34.4 Å². The second kappa shape index (κ2) is 13.1. The van der Waals surface area contributed by atoms with Gasteiger partial charge in [-0.3, -0.25) is 19.9 Å². The third-order valence-corrected chi connectivity index (χ3v) is 11.5. The van der Waals surface area contributed by atoms with Gasteiger partial charge < -0.3 is 25.9 Å². The summed E-state index contributed by atoms with van der Waals surface area (Å²) in [5, 5.41) is 28.6. The molecule has 18 heteroatoms. The van der Waals surface area contributed by atoms with Crippen LogP contribution in [0.25, 0.3) is 5.65 Å². The number of likely N-dealkylation sites (tertiary alicyclic amines) is 1. The summed E-state index contributed by atoms with van der Waals surface area (Å²) in [4.78, 5) is 52.3. The molecule has 3 aliphatic rings. The van der Waals surface area contributed by atoms with Gasteiger partial charge in [-0.15, -0.1) is 39.0 Å². The van der Waals surface area contributed by atoms with Gasteiger partial charge in [-0.1, -0.05) is 5.16 Å². The van der Waals surface area contributed by atoms with Gasteiger partial charge in [-0.25, -0.2) is 19.0 Å². The number of piperidine rings is 1. The molecule has 0 spiro atoms. The molecule has 0 aliphatic carbocycles. The van der Waals surface area contributed by atoms with E-state index < -0.39 is 29.2 Å². The number of anilines is 1. The fourth-order valence-corrected chi connectivity index (χ4v) is 9.01. The number of nitrogen functional groups attached to an aromatic ring is 1. The van der Waals surface area contributed by atoms with Crippen LogP contribution in [0.4, 0.5) is 5.13 Å². The molecule has 0 saturated carbocycles. The Morgan fingerprint density at radius 3 is 2.77 bits per heavy atom. The molecule has 2 fully saturated rings. The Hall–Kier alpha value is -4.68. The number of thioether (sulfide) groups is 1. The highest BCUT2D eigenvalue weighted by Crippen LogP contribution is 2.41. The topological polar surface area (TPSA) is 188 Å². The van der Waals surface area contributed by atoms with E-state index in [1.807, 2.05) is 33.9 Å². The van der Waals surface area contributed by atoms with Crippen molar-refractivity contribution in [1.29, 1.82) is 5.41 Å². The number of nitrogens with two attached hydrogens (primary N) is 1. The number of amidine groups is 1. The lowest BCUT2D eigenvalue weighted by Crippen LogP contribution is -2.71. The fourth-order valence-electron chi connectivity index (χ4n) is 6.26. The number of carboxylic acids is 1. The Balaban J connectivity index is 1.05. The smallest absolute Gasteiger partial charge is 0.352 e. The third kappa shape index (κ3) is 5.83. The van der Waals surface area contributed by atoms with Crippen molar-refractivity contribution in [3.05, 3.63) is 68.9 Å². The minimum absolute atomic E-state index is 0.0727. The van der Waals surface area contributed by atoms with Crippen LogP contribution in [0.5, 0.6) is 0 Å². The molecule has 2 amide bonds. The number of thiophene rings is 1. The van der Waals surface area contributed by atoms with Gasteiger partial charge in [0.2, 0.25) is 0 Å². The average molecular weight is 710 g/mol. The van der Waals surface area contributed by atoms with Crippen molar-refractivity contribution in [1.82, 2.24) is 29.3 Å². The van der Waals surface area contributed by atoms with Gasteiger partial charge in [0.15, 0.2) is 17.0 Å². The first-order chi connectivity index (χ1) is 23.2. The average Bonchev–Trinajstić information content (AvgIpc) is 3.90. The number of carboxylic acid groups (broad SMARTS) is 1. The largest absolute Gasteiger partial charge is 0.477 e. The molecule has 0 bridgehead atoms. The van der Waals surface area contributed by atoms with E-state index in [0.29, 0.717) is 23.7 Å². The van der Waals surface area contributed by atoms with Gasteiger partial charge in [0.1, 0.15) is 48.5 Å². The molecule has 7 heterocycles. The van der Waals surface area contributed by atoms with E-state index >= 15 is 0 Å². The molecule has 4 aromatic rings. The number of thiazole rings is 1. The molecule has 48 heavy (non-hydrogen) atoms. The number of carbonyl (C=O) groups excluding carboxylic acids is 2. The van der Waals surface area contributed by atoms with E-state index in [9.17, 15) is 19.5 Å². The summed E-state index contributed by atoms with van der Waals surface area (Å²) in [5.41, 5.74) is 8.16. The summed E-state index contributed by atoms with van der Waals surface area (Å²) in [6.45, 7) is 2.76. The number of fused-ring (bicyclic) bond motifs is 2. The van der Waals surface area contributed by atoms with Crippen LogP contribution in [0.3, 0.4) is 0 Å². The van der Waals surface area contributed by atoms with Crippen LogP contribution in [-0.4, -0.2) is 95.8 Å². The molecule has 2 atom stereocenters. The zero-order chi connectivity index (χ0) is 33.5. The van der Waals surface area contributed by atoms with Crippen LogP contribution in [-0.2, 0) is 32.3 Å². The number of aliphatic carboxylic acids is 1. The lowest BCUT2D eigenvalue weighted by molar-refractivity contribution is -0.661. The molecule has 250 valence electrons. The maximum Gasteiger partial charge on any atom is 0.352 e. The highest BCUT2D eigenvalue weighted by molar-refractivity contribution is 8.00. The van der Waals surface area contributed by atoms with Crippen LogP contribution < -0.4 is 15.6 Å². The minimum atomic E-state index is -1.21. The molecule has 7 rings (SSSR count). The SMILES string of the molecule is CO/N=C(\C(=O)N[C@@H]1C(=O)N2C(C(=O)O)=C(Cn3ccc4n3cc[n+]4Cc3cc(C(=N)N4CCCCC4)cs3)CS[C@H]12)c1csc(N)n1. The monoisotopic (exact) mass is 709 g/mol. The molecule has 2 saturated heterocycles. The van der Waals surface area contributed by atoms with Crippen molar-refractivity contribution in [3.63, 3.8) is 0 Å². The van der Waals surface area contributed by atoms with Crippen LogP contribution in [0.2, 0.25) is 0 Å². The lowest BCUT2D eigenvalue weighted by atomic mass is 10.0. The number of β-lactam (4-membered cyclic amide) rings is 1. The molecule has 15 nitrogen and oxygen atoms in total. The number of amides is 2. The quantitative estimate of drug-likeness (QED) is 0.0626. The Morgan fingerprint density at radius 2 is 2.04 bits per heavy atom. The van der Waals surface area contributed by atoms with E-state index in [2.05, 4.69) is 36.4 Å². The van der Waals surface area contributed by atoms with Crippen LogP contribution in [0, 0.1) is 5.41 Å². The Morgan fingerprint density at radius 1 is 1.23 bits per heavy atom. The van der Waals surface area contributed by atoms with Gasteiger partial charge in [0.05, 0.1) is 18.8 Å². The Labute approximate surface area is 286 Å². The molecular formula is C30H33N10O5S3+. The van der Waals surface area contributed by atoms with Gasteiger partial charge >= 0.3 is 11.6 Å². The second-order valence-corrected chi connectivity index (χ2v) is 14.5. The van der Waals surface area contributed by atoms with Crippen molar-refractivity contribution in [2.75, 3.05) is 31.7 Å². The number of nitrogens with one attached hydrogen (secondary N) is 2. The highest BCUT2D eigenvalue weighted by Gasteiger charge is 2.54. The van der Waals surface area contributed by atoms with Crippen LogP contribution in [0.1, 0.15) is 35.4 Å². The lowest BCUT2D eigenvalue weighted by Gasteiger charge is -2.49. The zero-order valence-electron chi connectivity index (χ0n) is 25.9. The first kappa shape index (κ1) is 31.9. The highest BCUT2D eigenvalue weighted by atomic mass is 32.2. The summed E-state index contributed by atoms with van der Waals surface area (Å²) >= 11 is 4.16. The summed E-state index contributed by atoms with van der Waals surface area (Å²) in [5.74, 6) is -1.47. The molecular weight excluding hydrogens is 677 g/mol. The van der Waals surface area contributed by atoms with Crippen molar-refractivity contribution in [2.45, 2.75) is 43.8 Å². The Kier molecular flexibility index (Phi) is 8.69. The number of nitrogens with zero attached hydrogens (tertiary/aromatic N) is 7. The predicted octanol–water partition coefficient (Wildman–Crippen LogP) is 1.78. The van der Waals surface area contributed by atoms with E-state index in [4.69, 9.17) is 16.0 Å². The molecule has 0 unspecified atom stereocenters. The normalized spacial score (nSPS) is 19.8. The maximum atomic E-state index is 13.3. The van der Waals surface area contributed by atoms with Crippen molar-refractivity contribution < 1.29 is 28.9 Å². The predicted molar refractivity (Wildman–Crippen MR) is 181 cm³/mol. The summed E-state index contributed by atoms with van der Waals surface area (Å²) in [6.07, 6.45) is 9.28. The second-order valence-electron chi connectivity index (χ2n) is 11.6. The fraction of sp³-hybridized carbons (Fsp3) is 0.367. The van der Waals surface area contributed by atoms with Gasteiger partial charge in [0.25, 0.3) is 11.8 Å². The summed E-state index contributed by atoms with van der Waals surface area (Å²) < 4.78 is 5.98. The van der Waals surface area contributed by atoms with E-state index in [1.165, 1.54) is 30.2 Å². The standard InChI is InChI=1S/C30H32N10O5S3/c1-45-35-22(20-16-48-30(32)33-20)26(41)34-23-27(42)40-24(29(43)44)18(15-47-28(23)40)12-38-8-5-21-37(9-10-39(21)38)13-19-11-17(14-46-19)25(31)36-6-3-2-4-7-36/h5,8-11,14,16,23,28,31H,2-4,6-7,12-13,15H2,1H3,(H3-,32,33,34,41,43,44)/p+1/b31-25?,35-22-/t23-,28-/m1/s1. The van der Waals surface area contributed by atoms with Crippen LogP contribution in [0.15, 0.2) is 57.9 Å². The number of rotatable bonds is 10. The number of carbonyl (C=O) groups is 3. The molecule has 0 aromatic carbocycles. The third-order valence-electron chi connectivity index (χ3n) is 8.57. The number of hydrogen-bond acceptors (Lipinski definition) is 11. The van der Waals surface area contributed by atoms with E-state index in [0.717, 1.165) is 53.4 Å². The number of imidazole rings is 1. The van der Waals surface area contributed by atoms with Gasteiger partial charge in [0, 0.05) is 40.0 Å². The minimum Gasteiger partial charge on any atom is -0.477 e. The van der Waals surface area contributed by atoms with Crippen molar-refractivity contribution in [2.24, 2.45) is 5.16 Å². The van der Waals surface area contributed by atoms with Gasteiger partial charge in [-0.05, 0) is 30.9 Å². The maximum absolute atomic E-state index is 13.3. The van der Waals surface area contributed by atoms with E-state index in [1.54, 1.807) is 16.7 Å². The first-order valence-electron chi connectivity index (χ1n) is 15.2. The van der Waals surface area contributed by atoms with Crippen molar-refractivity contribution >= 4 is 74.5 Å². The molecule has 4 aromatic heterocycles. The van der Waals surface area contributed by atoms with Gasteiger partial charge in [-0.2, -0.15) is 0 Å². The van der Waals surface area contributed by atoms with E-state index in [-0.39, 0.29) is 28.8 Å². The van der Waals surface area contributed by atoms with Crippen molar-refractivity contribution in [3.8, 4) is 0 Å². The molecule has 0 radical (unpaired) electrons. The number of aromatic nitrogens is 4.